The SMILES string of the molecule is COC(=O)CN(C(C)C)C1CCC(C)CC1. The van der Waals surface area contributed by atoms with Crippen LogP contribution in [0.1, 0.15) is 46.5 Å². The van der Waals surface area contributed by atoms with Crippen LogP contribution in [0.2, 0.25) is 0 Å². The molecule has 3 heteroatoms. The van der Waals surface area contributed by atoms with Crippen LogP contribution in [0.15, 0.2) is 0 Å². The van der Waals surface area contributed by atoms with Crippen LogP contribution in [0.5, 0.6) is 0 Å². The highest BCUT2D eigenvalue weighted by Gasteiger charge is 2.27. The van der Waals surface area contributed by atoms with Crippen molar-refractivity contribution in [1.29, 1.82) is 0 Å². The zero-order chi connectivity index (χ0) is 12.1. The highest BCUT2D eigenvalue weighted by Crippen LogP contribution is 2.28. The van der Waals surface area contributed by atoms with Gasteiger partial charge >= 0.3 is 5.97 Å². The molecule has 0 aliphatic heterocycles. The molecular weight excluding hydrogens is 202 g/mol. The summed E-state index contributed by atoms with van der Waals surface area (Å²) in [6.07, 6.45) is 5.01. The second-order valence-electron chi connectivity index (χ2n) is 5.26. The number of methoxy groups -OCH3 is 1. The fraction of sp³-hybridized carbons (Fsp3) is 0.923. The molecule has 0 radical (unpaired) electrons. The average Bonchev–Trinajstić information content (AvgIpc) is 2.26. The van der Waals surface area contributed by atoms with E-state index in [4.69, 9.17) is 4.74 Å². The van der Waals surface area contributed by atoms with Crippen molar-refractivity contribution in [2.24, 2.45) is 5.92 Å². The third-order valence-electron chi connectivity index (χ3n) is 3.66. The minimum Gasteiger partial charge on any atom is -0.468 e. The quantitative estimate of drug-likeness (QED) is 0.691. The summed E-state index contributed by atoms with van der Waals surface area (Å²) < 4.78 is 4.76. The number of carbonyl (C=O) groups is 1. The number of rotatable bonds is 4. The lowest BCUT2D eigenvalue weighted by Crippen LogP contribution is -2.45. The van der Waals surface area contributed by atoms with Crippen LogP contribution in [0.4, 0.5) is 0 Å². The Bertz CT molecular complexity index is 220. The molecule has 1 fully saturated rings. The van der Waals surface area contributed by atoms with Gasteiger partial charge in [-0.05, 0) is 45.4 Å². The maximum Gasteiger partial charge on any atom is 0.319 e. The molecule has 0 heterocycles. The van der Waals surface area contributed by atoms with E-state index in [1.54, 1.807) is 0 Å². The number of hydrogen-bond acceptors (Lipinski definition) is 3. The molecule has 0 amide bonds. The third-order valence-corrected chi connectivity index (χ3v) is 3.66. The van der Waals surface area contributed by atoms with Crippen molar-refractivity contribution in [3.05, 3.63) is 0 Å². The standard InChI is InChI=1S/C13H25NO2/c1-10(2)14(9-13(15)16-4)12-7-5-11(3)6-8-12/h10-12H,5-9H2,1-4H3. The Kier molecular flexibility index (Phi) is 5.26. The highest BCUT2D eigenvalue weighted by atomic mass is 16.5. The lowest BCUT2D eigenvalue weighted by Gasteiger charge is -2.37. The fourth-order valence-electron chi connectivity index (χ4n) is 2.52. The molecule has 94 valence electrons. The molecule has 0 atom stereocenters. The Labute approximate surface area is 99.1 Å². The second kappa shape index (κ2) is 6.24. The molecule has 0 N–H and O–H groups in total. The van der Waals surface area contributed by atoms with Crippen LogP contribution in [-0.4, -0.2) is 36.6 Å². The molecule has 0 aromatic carbocycles. The fourth-order valence-corrected chi connectivity index (χ4v) is 2.52. The van der Waals surface area contributed by atoms with Crippen molar-refractivity contribution >= 4 is 5.97 Å². The van der Waals surface area contributed by atoms with E-state index in [2.05, 4.69) is 25.7 Å². The van der Waals surface area contributed by atoms with Crippen molar-refractivity contribution < 1.29 is 9.53 Å². The van der Waals surface area contributed by atoms with Gasteiger partial charge in [0, 0.05) is 12.1 Å². The van der Waals surface area contributed by atoms with E-state index in [1.165, 1.54) is 32.8 Å². The molecule has 0 aromatic heterocycles. The Morgan fingerprint density at radius 1 is 1.31 bits per heavy atom. The maximum absolute atomic E-state index is 11.4. The summed E-state index contributed by atoms with van der Waals surface area (Å²) in [5, 5.41) is 0. The number of esters is 1. The van der Waals surface area contributed by atoms with Crippen LogP contribution < -0.4 is 0 Å². The van der Waals surface area contributed by atoms with E-state index < -0.39 is 0 Å². The van der Waals surface area contributed by atoms with Gasteiger partial charge in [-0.2, -0.15) is 0 Å². The topological polar surface area (TPSA) is 29.5 Å². The van der Waals surface area contributed by atoms with E-state index in [1.807, 2.05) is 0 Å². The molecule has 1 rings (SSSR count). The number of ether oxygens (including phenoxy) is 1. The summed E-state index contributed by atoms with van der Waals surface area (Å²) in [7, 11) is 1.46. The summed E-state index contributed by atoms with van der Waals surface area (Å²) in [6, 6.07) is 0.979. The summed E-state index contributed by atoms with van der Waals surface area (Å²) >= 11 is 0. The van der Waals surface area contributed by atoms with E-state index in [9.17, 15) is 4.79 Å². The molecule has 0 unspecified atom stereocenters. The Balaban J connectivity index is 2.52. The van der Waals surface area contributed by atoms with Crippen LogP contribution in [0.25, 0.3) is 0 Å². The van der Waals surface area contributed by atoms with Crippen molar-refractivity contribution in [2.45, 2.75) is 58.5 Å². The predicted molar refractivity (Wildman–Crippen MR) is 65.3 cm³/mol. The Hall–Kier alpha value is -0.570. The molecule has 16 heavy (non-hydrogen) atoms. The van der Waals surface area contributed by atoms with Gasteiger partial charge < -0.3 is 4.74 Å². The molecule has 0 saturated heterocycles. The van der Waals surface area contributed by atoms with Gasteiger partial charge in [0.1, 0.15) is 0 Å². The summed E-state index contributed by atoms with van der Waals surface area (Å²) in [6.45, 7) is 7.06. The van der Waals surface area contributed by atoms with Gasteiger partial charge in [0.25, 0.3) is 0 Å². The van der Waals surface area contributed by atoms with Gasteiger partial charge in [-0.15, -0.1) is 0 Å². The van der Waals surface area contributed by atoms with E-state index in [-0.39, 0.29) is 5.97 Å². The first-order chi connectivity index (χ1) is 7.54. The Morgan fingerprint density at radius 3 is 2.31 bits per heavy atom. The lowest BCUT2D eigenvalue weighted by molar-refractivity contribution is -0.143. The Morgan fingerprint density at radius 2 is 1.88 bits per heavy atom. The monoisotopic (exact) mass is 227 g/mol. The van der Waals surface area contributed by atoms with Crippen LogP contribution in [0.3, 0.4) is 0 Å². The van der Waals surface area contributed by atoms with Crippen molar-refractivity contribution in [3.8, 4) is 0 Å². The molecule has 0 spiro atoms. The molecule has 1 aliphatic rings. The van der Waals surface area contributed by atoms with Gasteiger partial charge in [0.2, 0.25) is 0 Å². The summed E-state index contributed by atoms with van der Waals surface area (Å²) in [5.41, 5.74) is 0. The van der Waals surface area contributed by atoms with E-state index in [0.717, 1.165) is 5.92 Å². The number of nitrogens with zero attached hydrogens (tertiary/aromatic N) is 1. The zero-order valence-corrected chi connectivity index (χ0v) is 11.0. The molecule has 0 bridgehead atoms. The molecular formula is C13H25NO2. The third kappa shape index (κ3) is 3.78. The first-order valence-electron chi connectivity index (χ1n) is 6.37. The normalized spacial score (nSPS) is 26.1. The summed E-state index contributed by atoms with van der Waals surface area (Å²) in [5.74, 6) is 0.732. The van der Waals surface area contributed by atoms with Crippen LogP contribution in [0, 0.1) is 5.92 Å². The van der Waals surface area contributed by atoms with Crippen molar-refractivity contribution in [3.63, 3.8) is 0 Å². The predicted octanol–water partition coefficient (Wildman–Crippen LogP) is 2.45. The molecule has 1 aliphatic carbocycles. The van der Waals surface area contributed by atoms with Crippen molar-refractivity contribution in [2.75, 3.05) is 13.7 Å². The van der Waals surface area contributed by atoms with Gasteiger partial charge in [-0.1, -0.05) is 6.92 Å². The lowest BCUT2D eigenvalue weighted by atomic mass is 9.86. The molecule has 3 nitrogen and oxygen atoms in total. The van der Waals surface area contributed by atoms with Crippen LogP contribution in [-0.2, 0) is 9.53 Å². The minimum absolute atomic E-state index is 0.118. The van der Waals surface area contributed by atoms with Gasteiger partial charge in [0.05, 0.1) is 13.7 Å². The largest absolute Gasteiger partial charge is 0.468 e. The minimum atomic E-state index is -0.118. The van der Waals surface area contributed by atoms with Gasteiger partial charge in [-0.3, -0.25) is 9.69 Å². The van der Waals surface area contributed by atoms with Crippen molar-refractivity contribution in [1.82, 2.24) is 4.90 Å². The van der Waals surface area contributed by atoms with E-state index in [0.29, 0.717) is 18.6 Å². The van der Waals surface area contributed by atoms with Crippen LogP contribution >= 0.6 is 0 Å². The van der Waals surface area contributed by atoms with Gasteiger partial charge in [-0.25, -0.2) is 0 Å². The number of carbonyl (C=O) groups excluding carboxylic acids is 1. The van der Waals surface area contributed by atoms with Gasteiger partial charge in [0.15, 0.2) is 0 Å². The second-order valence-corrected chi connectivity index (χ2v) is 5.26. The highest BCUT2D eigenvalue weighted by molar-refractivity contribution is 5.71. The number of hydrogen-bond donors (Lipinski definition) is 0. The summed E-state index contributed by atoms with van der Waals surface area (Å²) in [4.78, 5) is 13.7. The van der Waals surface area contributed by atoms with E-state index >= 15 is 0 Å². The smallest absolute Gasteiger partial charge is 0.319 e. The average molecular weight is 227 g/mol. The first kappa shape index (κ1) is 13.5. The molecule has 0 aromatic rings. The maximum atomic E-state index is 11.4. The first-order valence-corrected chi connectivity index (χ1v) is 6.37. The zero-order valence-electron chi connectivity index (χ0n) is 11.0. The molecule has 1 saturated carbocycles.